The number of likely N-dealkylation sites (tertiary alicyclic amines) is 1. The molecule has 0 bridgehead atoms. The Morgan fingerprint density at radius 2 is 1.95 bits per heavy atom. The Hall–Kier alpha value is -1.74. The average Bonchev–Trinajstić information content (AvgIpc) is 2.51. The molecule has 1 atom stereocenters. The maximum Gasteiger partial charge on any atom is 0.126 e. The number of aliphatic hydroxyl groups excluding tert-OH is 1. The van der Waals surface area contributed by atoms with Gasteiger partial charge in [0.25, 0.3) is 0 Å². The van der Waals surface area contributed by atoms with E-state index in [4.69, 9.17) is 4.74 Å². The molecule has 1 N–H and O–H groups in total. The van der Waals surface area contributed by atoms with E-state index >= 15 is 0 Å². The van der Waals surface area contributed by atoms with Crippen LogP contribution in [0.1, 0.15) is 36.5 Å². The number of hydrogen-bond donors (Lipinski definition) is 1. The van der Waals surface area contributed by atoms with Crippen LogP contribution in [0.4, 0.5) is 0 Å². The van der Waals surface area contributed by atoms with Crippen LogP contribution in [0.25, 0.3) is 5.76 Å². The first-order valence-corrected chi connectivity index (χ1v) is 7.28. The van der Waals surface area contributed by atoms with E-state index in [2.05, 4.69) is 11.1 Å². The summed E-state index contributed by atoms with van der Waals surface area (Å²) in [6, 6.07) is 7.89. The zero-order valence-corrected chi connectivity index (χ0v) is 11.9. The van der Waals surface area contributed by atoms with Crippen molar-refractivity contribution in [2.75, 3.05) is 20.2 Å². The van der Waals surface area contributed by atoms with Gasteiger partial charge >= 0.3 is 0 Å². The van der Waals surface area contributed by atoms with Gasteiger partial charge in [0.2, 0.25) is 0 Å². The fourth-order valence-electron chi connectivity index (χ4n) is 2.98. The van der Waals surface area contributed by atoms with Gasteiger partial charge in [0.05, 0.1) is 7.11 Å². The predicted molar refractivity (Wildman–Crippen MR) is 79.9 cm³/mol. The molecule has 1 heterocycles. The van der Waals surface area contributed by atoms with Gasteiger partial charge in [-0.3, -0.25) is 0 Å². The molecule has 1 aromatic carbocycles. The largest absolute Gasteiger partial charge is 0.496 e. The molecule has 3 rings (SSSR count). The summed E-state index contributed by atoms with van der Waals surface area (Å²) in [5.41, 5.74) is 2.83. The number of rotatable bonds is 2. The van der Waals surface area contributed by atoms with Gasteiger partial charge in [0.15, 0.2) is 0 Å². The predicted octanol–water partition coefficient (Wildman–Crippen LogP) is 3.09. The number of aliphatic hydroxyl groups is 1. The van der Waals surface area contributed by atoms with Crippen LogP contribution in [-0.2, 0) is 4.74 Å². The SMILES string of the molecule is COC1=CC(=CN2CCCCC2)C(O)c2ccccc21. The Labute approximate surface area is 120 Å². The van der Waals surface area contributed by atoms with E-state index < -0.39 is 6.10 Å². The van der Waals surface area contributed by atoms with Gasteiger partial charge in [0.1, 0.15) is 11.9 Å². The lowest BCUT2D eigenvalue weighted by Crippen LogP contribution is -2.25. The minimum atomic E-state index is -0.563. The Bertz CT molecular complexity index is 542. The molecule has 0 spiro atoms. The maximum atomic E-state index is 10.6. The molecule has 3 heteroatoms. The summed E-state index contributed by atoms with van der Waals surface area (Å²) in [5.74, 6) is 0.828. The van der Waals surface area contributed by atoms with Crippen molar-refractivity contribution in [1.82, 2.24) is 4.90 Å². The second-order valence-corrected chi connectivity index (χ2v) is 5.43. The van der Waals surface area contributed by atoms with Crippen molar-refractivity contribution in [3.05, 3.63) is 53.2 Å². The first-order valence-electron chi connectivity index (χ1n) is 7.28. The molecule has 1 unspecified atom stereocenters. The van der Waals surface area contributed by atoms with Gasteiger partial charge in [-0.15, -0.1) is 0 Å². The second-order valence-electron chi connectivity index (χ2n) is 5.43. The van der Waals surface area contributed by atoms with E-state index in [1.54, 1.807) is 7.11 Å². The molecule has 0 aromatic heterocycles. The summed E-state index contributed by atoms with van der Waals surface area (Å²) in [5, 5.41) is 10.6. The topological polar surface area (TPSA) is 32.7 Å². The van der Waals surface area contributed by atoms with Gasteiger partial charge in [0, 0.05) is 30.4 Å². The summed E-state index contributed by atoms with van der Waals surface area (Å²) in [7, 11) is 1.68. The molecule has 0 radical (unpaired) electrons. The van der Waals surface area contributed by atoms with Gasteiger partial charge < -0.3 is 14.7 Å². The Morgan fingerprint density at radius 1 is 1.20 bits per heavy atom. The van der Waals surface area contributed by atoms with E-state index in [0.29, 0.717) is 0 Å². The summed E-state index contributed by atoms with van der Waals surface area (Å²) in [6.45, 7) is 2.15. The number of hydrogen-bond acceptors (Lipinski definition) is 3. The average molecular weight is 271 g/mol. The number of nitrogens with zero attached hydrogens (tertiary/aromatic N) is 1. The molecule has 0 saturated carbocycles. The van der Waals surface area contributed by atoms with Crippen LogP contribution >= 0.6 is 0 Å². The van der Waals surface area contributed by atoms with Crippen LogP contribution in [0.3, 0.4) is 0 Å². The van der Waals surface area contributed by atoms with E-state index in [1.165, 1.54) is 19.3 Å². The summed E-state index contributed by atoms with van der Waals surface area (Å²) < 4.78 is 5.48. The molecule has 1 aromatic rings. The van der Waals surface area contributed by atoms with Crippen molar-refractivity contribution >= 4 is 5.76 Å². The molecule has 1 saturated heterocycles. The third-order valence-corrected chi connectivity index (χ3v) is 4.08. The number of fused-ring (bicyclic) bond motifs is 1. The number of methoxy groups -OCH3 is 1. The van der Waals surface area contributed by atoms with Crippen molar-refractivity contribution < 1.29 is 9.84 Å². The molecule has 1 aliphatic carbocycles. The molecule has 1 aliphatic heterocycles. The van der Waals surface area contributed by atoms with Crippen LogP contribution < -0.4 is 0 Å². The smallest absolute Gasteiger partial charge is 0.126 e. The molecule has 2 aliphatic rings. The highest BCUT2D eigenvalue weighted by Crippen LogP contribution is 2.36. The zero-order valence-electron chi connectivity index (χ0n) is 11.9. The monoisotopic (exact) mass is 271 g/mol. The summed E-state index contributed by atoms with van der Waals surface area (Å²) >= 11 is 0. The molecule has 3 nitrogen and oxygen atoms in total. The van der Waals surface area contributed by atoms with Crippen LogP contribution in [-0.4, -0.2) is 30.2 Å². The van der Waals surface area contributed by atoms with Gasteiger partial charge in [-0.25, -0.2) is 0 Å². The van der Waals surface area contributed by atoms with Crippen molar-refractivity contribution in [2.24, 2.45) is 0 Å². The van der Waals surface area contributed by atoms with Crippen LogP contribution in [0.5, 0.6) is 0 Å². The normalized spacial score (nSPS) is 24.3. The number of piperidine rings is 1. The van der Waals surface area contributed by atoms with Crippen molar-refractivity contribution in [2.45, 2.75) is 25.4 Å². The van der Waals surface area contributed by atoms with Crippen molar-refractivity contribution in [3.8, 4) is 0 Å². The third-order valence-electron chi connectivity index (χ3n) is 4.08. The Kier molecular flexibility index (Phi) is 3.79. The zero-order chi connectivity index (χ0) is 13.9. The van der Waals surface area contributed by atoms with E-state index in [-0.39, 0.29) is 0 Å². The molecular formula is C17H21NO2. The van der Waals surface area contributed by atoms with Gasteiger partial charge in [-0.05, 0) is 30.9 Å². The number of ether oxygens (including phenoxy) is 1. The summed E-state index contributed by atoms with van der Waals surface area (Å²) in [4.78, 5) is 2.31. The standard InChI is InChI=1S/C17H21NO2/c1-20-16-11-13(12-18-9-5-2-6-10-18)17(19)15-8-4-3-7-14(15)16/h3-4,7-8,11-12,17,19H,2,5-6,9-10H2,1H3. The quantitative estimate of drug-likeness (QED) is 0.897. The second kappa shape index (κ2) is 5.71. The van der Waals surface area contributed by atoms with Crippen molar-refractivity contribution in [3.63, 3.8) is 0 Å². The molecule has 1 fully saturated rings. The lowest BCUT2D eigenvalue weighted by atomic mass is 9.90. The van der Waals surface area contributed by atoms with Gasteiger partial charge in [-0.1, -0.05) is 24.3 Å². The number of benzene rings is 1. The first kappa shape index (κ1) is 13.3. The highest BCUT2D eigenvalue weighted by Gasteiger charge is 2.24. The molecular weight excluding hydrogens is 250 g/mol. The van der Waals surface area contributed by atoms with Crippen LogP contribution in [0.2, 0.25) is 0 Å². The van der Waals surface area contributed by atoms with Crippen LogP contribution in [0, 0.1) is 0 Å². The van der Waals surface area contributed by atoms with Gasteiger partial charge in [-0.2, -0.15) is 0 Å². The van der Waals surface area contributed by atoms with E-state index in [9.17, 15) is 5.11 Å². The van der Waals surface area contributed by atoms with E-state index in [0.717, 1.165) is 35.5 Å². The highest BCUT2D eigenvalue weighted by atomic mass is 16.5. The Balaban J connectivity index is 1.95. The minimum absolute atomic E-state index is 0.563. The minimum Gasteiger partial charge on any atom is -0.496 e. The fourth-order valence-corrected chi connectivity index (χ4v) is 2.98. The molecule has 0 amide bonds. The summed E-state index contributed by atoms with van der Waals surface area (Å²) in [6.07, 6.45) is 7.27. The molecule has 106 valence electrons. The van der Waals surface area contributed by atoms with Crippen LogP contribution in [0.15, 0.2) is 42.1 Å². The lowest BCUT2D eigenvalue weighted by Gasteiger charge is -2.29. The highest BCUT2D eigenvalue weighted by molar-refractivity contribution is 5.70. The fraction of sp³-hybridized carbons (Fsp3) is 0.412. The van der Waals surface area contributed by atoms with Crippen molar-refractivity contribution in [1.29, 1.82) is 0 Å². The lowest BCUT2D eigenvalue weighted by molar-refractivity contribution is 0.209. The molecule has 20 heavy (non-hydrogen) atoms. The third kappa shape index (κ3) is 2.46. The van der Waals surface area contributed by atoms with E-state index in [1.807, 2.05) is 30.3 Å². The first-order chi connectivity index (χ1) is 9.79. The Morgan fingerprint density at radius 3 is 2.70 bits per heavy atom. The maximum absolute atomic E-state index is 10.6.